The van der Waals surface area contributed by atoms with Gasteiger partial charge in [-0.3, -0.25) is 0 Å². The van der Waals surface area contributed by atoms with Crippen LogP contribution in [0.2, 0.25) is 0 Å². The maximum atomic E-state index is 7.07. The quantitative estimate of drug-likeness (QED) is 0.757. The fraction of sp³-hybridized carbons (Fsp3) is 0.235. The molecule has 0 atom stereocenters. The fourth-order valence-corrected chi connectivity index (χ4v) is 1.26. The molecule has 0 heterocycles. The zero-order valence-corrected chi connectivity index (χ0v) is 11.8. The van der Waals surface area contributed by atoms with Gasteiger partial charge in [0, 0.05) is 6.21 Å². The van der Waals surface area contributed by atoms with E-state index in [1.165, 1.54) is 6.21 Å². The first-order chi connectivity index (χ1) is 9.11. The lowest BCUT2D eigenvalue weighted by Crippen LogP contribution is -1.84. The second kappa shape index (κ2) is 8.09. The first-order valence-corrected chi connectivity index (χ1v) is 6.45. The monoisotopic (exact) mass is 255 g/mol. The van der Waals surface area contributed by atoms with Gasteiger partial charge in [-0.05, 0) is 47.9 Å². The van der Waals surface area contributed by atoms with Crippen molar-refractivity contribution in [2.24, 2.45) is 5.92 Å². The summed E-state index contributed by atoms with van der Waals surface area (Å²) in [4.78, 5) is 0. The maximum Gasteiger partial charge on any atom is 0.127 e. The summed E-state index contributed by atoms with van der Waals surface area (Å²) >= 11 is 0. The molecule has 0 aromatic heterocycles. The Morgan fingerprint density at radius 2 is 1.32 bits per heavy atom. The molecule has 1 N–H and O–H groups in total. The van der Waals surface area contributed by atoms with Crippen LogP contribution in [0.3, 0.4) is 0 Å². The minimum Gasteiger partial charge on any atom is -0.457 e. The van der Waals surface area contributed by atoms with Crippen molar-refractivity contribution in [3.63, 3.8) is 0 Å². The summed E-state index contributed by atoms with van der Waals surface area (Å²) < 4.78 is 5.60. The Labute approximate surface area is 115 Å². The van der Waals surface area contributed by atoms with Crippen LogP contribution in [0.25, 0.3) is 0 Å². The van der Waals surface area contributed by atoms with Gasteiger partial charge in [-0.15, -0.1) is 0 Å². The van der Waals surface area contributed by atoms with Gasteiger partial charge in [-0.25, -0.2) is 0 Å². The third kappa shape index (κ3) is 6.41. The van der Waals surface area contributed by atoms with Crippen LogP contribution in [0, 0.1) is 11.3 Å². The van der Waals surface area contributed by atoms with Gasteiger partial charge in [0.15, 0.2) is 0 Å². The van der Waals surface area contributed by atoms with E-state index in [0.29, 0.717) is 0 Å². The molecule has 0 saturated heterocycles. The molecule has 0 fully saturated rings. The third-order valence-corrected chi connectivity index (χ3v) is 2.03. The van der Waals surface area contributed by atoms with Crippen molar-refractivity contribution in [2.75, 3.05) is 0 Å². The first-order valence-electron chi connectivity index (χ1n) is 6.45. The van der Waals surface area contributed by atoms with E-state index in [4.69, 9.17) is 10.1 Å². The highest BCUT2D eigenvalue weighted by Crippen LogP contribution is 2.20. The van der Waals surface area contributed by atoms with Crippen molar-refractivity contribution in [2.45, 2.75) is 20.8 Å². The number of rotatable bonds is 3. The Morgan fingerprint density at radius 3 is 1.79 bits per heavy atom. The Morgan fingerprint density at radius 1 is 0.842 bits per heavy atom. The van der Waals surface area contributed by atoms with Crippen LogP contribution in [-0.4, -0.2) is 6.21 Å². The fourth-order valence-electron chi connectivity index (χ4n) is 1.26. The van der Waals surface area contributed by atoms with Gasteiger partial charge in [-0.1, -0.05) is 39.0 Å². The van der Waals surface area contributed by atoms with Gasteiger partial charge < -0.3 is 10.1 Å². The number of hydrogen-bond donors (Lipinski definition) is 1. The number of ether oxygens (including phenoxy) is 1. The molecule has 0 radical (unpaired) electrons. The van der Waals surface area contributed by atoms with Crippen LogP contribution >= 0.6 is 0 Å². The number of hydrogen-bond acceptors (Lipinski definition) is 2. The molecule has 2 nitrogen and oxygen atoms in total. The predicted octanol–water partition coefficient (Wildman–Crippen LogP) is 5.14. The first kappa shape index (κ1) is 15.0. The Bertz CT molecular complexity index is 472. The zero-order chi connectivity index (χ0) is 14.1. The molecule has 2 aromatic rings. The molecule has 0 spiro atoms. The summed E-state index contributed by atoms with van der Waals surface area (Å²) in [5, 5.41) is 7.07. The maximum absolute atomic E-state index is 7.07. The molecule has 19 heavy (non-hydrogen) atoms. The van der Waals surface area contributed by atoms with E-state index >= 15 is 0 Å². The molecule has 0 aliphatic heterocycles. The lowest BCUT2D eigenvalue weighted by molar-refractivity contribution is 0.482. The molecule has 0 unspecified atom stereocenters. The SMILES string of the molecule is CC(C)C.N=Cc1ccc(Oc2ccccc2)cc1. The largest absolute Gasteiger partial charge is 0.457 e. The van der Waals surface area contributed by atoms with Crippen molar-refractivity contribution in [1.29, 1.82) is 5.41 Å². The van der Waals surface area contributed by atoms with Crippen LogP contribution in [-0.2, 0) is 0 Å². The third-order valence-electron chi connectivity index (χ3n) is 2.03. The Balaban J connectivity index is 0.000000399. The highest BCUT2D eigenvalue weighted by Gasteiger charge is 1.95. The van der Waals surface area contributed by atoms with E-state index in [1.807, 2.05) is 54.6 Å². The summed E-state index contributed by atoms with van der Waals surface area (Å²) in [6.07, 6.45) is 1.31. The van der Waals surface area contributed by atoms with Crippen molar-refractivity contribution >= 4 is 6.21 Å². The Hall–Kier alpha value is -2.09. The summed E-state index contributed by atoms with van der Waals surface area (Å²) in [6, 6.07) is 17.0. The highest BCUT2D eigenvalue weighted by atomic mass is 16.5. The average molecular weight is 255 g/mol. The molecule has 2 heteroatoms. The van der Waals surface area contributed by atoms with E-state index in [0.717, 1.165) is 23.0 Å². The molecule has 0 bridgehead atoms. The number of nitrogens with one attached hydrogen (secondary N) is 1. The predicted molar refractivity (Wildman–Crippen MR) is 81.4 cm³/mol. The summed E-state index contributed by atoms with van der Waals surface area (Å²) in [6.45, 7) is 6.50. The molecular formula is C17H21NO. The van der Waals surface area contributed by atoms with Crippen LogP contribution in [0.5, 0.6) is 11.5 Å². The molecule has 100 valence electrons. The van der Waals surface area contributed by atoms with Crippen molar-refractivity contribution in [1.82, 2.24) is 0 Å². The van der Waals surface area contributed by atoms with Gasteiger partial charge in [0.2, 0.25) is 0 Å². The number of para-hydroxylation sites is 1. The van der Waals surface area contributed by atoms with Gasteiger partial charge in [-0.2, -0.15) is 0 Å². The average Bonchev–Trinajstić information content (AvgIpc) is 2.40. The lowest BCUT2D eigenvalue weighted by atomic mass is 10.2. The zero-order valence-electron chi connectivity index (χ0n) is 11.8. The van der Waals surface area contributed by atoms with E-state index in [1.54, 1.807) is 0 Å². The second-order valence-electron chi connectivity index (χ2n) is 4.86. The van der Waals surface area contributed by atoms with Gasteiger partial charge >= 0.3 is 0 Å². The molecule has 0 saturated carbocycles. The van der Waals surface area contributed by atoms with Crippen molar-refractivity contribution < 1.29 is 4.74 Å². The summed E-state index contributed by atoms with van der Waals surface area (Å²) in [7, 11) is 0. The van der Waals surface area contributed by atoms with E-state index in [-0.39, 0.29) is 0 Å². The molecule has 0 amide bonds. The van der Waals surface area contributed by atoms with Crippen LogP contribution in [0.1, 0.15) is 26.3 Å². The topological polar surface area (TPSA) is 33.1 Å². The minimum absolute atomic E-state index is 0.784. The standard InChI is InChI=1S/C13H11NO.C4H10/c14-10-11-6-8-13(9-7-11)15-12-4-2-1-3-5-12;1-4(2)3/h1-10,14H;4H,1-3H3. The minimum atomic E-state index is 0.784. The molecular weight excluding hydrogens is 234 g/mol. The lowest BCUT2D eigenvalue weighted by Gasteiger charge is -2.04. The van der Waals surface area contributed by atoms with Crippen LogP contribution < -0.4 is 4.74 Å². The normalized spacial score (nSPS) is 9.47. The molecule has 0 aliphatic carbocycles. The van der Waals surface area contributed by atoms with E-state index in [2.05, 4.69) is 20.8 Å². The van der Waals surface area contributed by atoms with E-state index in [9.17, 15) is 0 Å². The van der Waals surface area contributed by atoms with Crippen LogP contribution in [0.4, 0.5) is 0 Å². The molecule has 0 aliphatic rings. The van der Waals surface area contributed by atoms with Crippen molar-refractivity contribution in [3.05, 3.63) is 60.2 Å². The van der Waals surface area contributed by atoms with Crippen LogP contribution in [0.15, 0.2) is 54.6 Å². The smallest absolute Gasteiger partial charge is 0.127 e. The van der Waals surface area contributed by atoms with Gasteiger partial charge in [0.05, 0.1) is 0 Å². The summed E-state index contributed by atoms with van der Waals surface area (Å²) in [5.74, 6) is 2.44. The van der Waals surface area contributed by atoms with Gasteiger partial charge in [0.25, 0.3) is 0 Å². The second-order valence-corrected chi connectivity index (χ2v) is 4.86. The highest BCUT2D eigenvalue weighted by molar-refractivity contribution is 5.76. The molecule has 2 rings (SSSR count). The number of benzene rings is 2. The van der Waals surface area contributed by atoms with Gasteiger partial charge in [0.1, 0.15) is 11.5 Å². The van der Waals surface area contributed by atoms with E-state index < -0.39 is 0 Å². The van der Waals surface area contributed by atoms with Crippen molar-refractivity contribution in [3.8, 4) is 11.5 Å². The Kier molecular flexibility index (Phi) is 6.37. The summed E-state index contributed by atoms with van der Waals surface area (Å²) in [5.41, 5.74) is 0.871. The molecule has 2 aromatic carbocycles.